The van der Waals surface area contributed by atoms with Crippen LogP contribution in [0.5, 0.6) is 11.5 Å². The lowest BCUT2D eigenvalue weighted by Crippen LogP contribution is -2.27. The number of aliphatic hydroxyl groups excluding tert-OH is 1. The van der Waals surface area contributed by atoms with E-state index >= 15 is 0 Å². The van der Waals surface area contributed by atoms with E-state index in [0.29, 0.717) is 17.9 Å². The largest absolute Gasteiger partial charge is 0.497 e. The molecule has 1 N–H and O–H groups in total. The van der Waals surface area contributed by atoms with Crippen LogP contribution in [0.4, 0.5) is 11.4 Å². The molecule has 0 atom stereocenters. The highest BCUT2D eigenvalue weighted by Gasteiger charge is 2.30. The molecule has 37 heavy (non-hydrogen) atoms. The minimum absolute atomic E-state index is 0.264. The molecular formula is C29H33N5O3. The zero-order valence-electron chi connectivity index (χ0n) is 21.4. The molecule has 2 aliphatic carbocycles. The summed E-state index contributed by atoms with van der Waals surface area (Å²) in [6.45, 7) is 1.19. The van der Waals surface area contributed by atoms with Gasteiger partial charge in [-0.2, -0.15) is 5.10 Å². The normalized spacial score (nSPS) is 19.0. The van der Waals surface area contributed by atoms with Gasteiger partial charge in [0.05, 0.1) is 49.4 Å². The lowest BCUT2D eigenvalue weighted by Gasteiger charge is -2.35. The van der Waals surface area contributed by atoms with Gasteiger partial charge in [0.15, 0.2) is 0 Å². The van der Waals surface area contributed by atoms with Crippen molar-refractivity contribution in [3.63, 3.8) is 0 Å². The van der Waals surface area contributed by atoms with Gasteiger partial charge in [0.2, 0.25) is 0 Å². The predicted molar refractivity (Wildman–Crippen MR) is 143 cm³/mol. The maximum absolute atomic E-state index is 9.16. The third-order valence-corrected chi connectivity index (χ3v) is 7.64. The van der Waals surface area contributed by atoms with Crippen LogP contribution >= 0.6 is 0 Å². The Bertz CT molecular complexity index is 1370. The summed E-state index contributed by atoms with van der Waals surface area (Å²) in [7, 11) is 3.36. The van der Waals surface area contributed by atoms with Crippen molar-refractivity contribution in [3.05, 3.63) is 55.0 Å². The Balaban J connectivity index is 1.30. The standard InChI is InChI=1S/C29H33N5O3/c1-36-25-11-23(12-26(14-25)37-2)33(17-19-3-4-19)22-5-6-27-28(13-22)32-29(16-30-27)21-15-31-34(18-21)24-9-20(10-24)7-8-35/h5-6,11-16,18-20,24,35H,3-4,7-10,17H2,1-2H3. The van der Waals surface area contributed by atoms with Gasteiger partial charge >= 0.3 is 0 Å². The summed E-state index contributed by atoms with van der Waals surface area (Å²) in [4.78, 5) is 12.0. The third-order valence-electron chi connectivity index (χ3n) is 7.64. The number of ether oxygens (including phenoxy) is 2. The van der Waals surface area contributed by atoms with E-state index in [2.05, 4.69) is 40.5 Å². The molecule has 0 radical (unpaired) electrons. The molecule has 6 rings (SSSR count). The van der Waals surface area contributed by atoms with Gasteiger partial charge < -0.3 is 19.5 Å². The van der Waals surface area contributed by atoms with Crippen molar-refractivity contribution in [2.45, 2.75) is 38.1 Å². The average Bonchev–Trinajstić information content (AvgIpc) is 3.61. The van der Waals surface area contributed by atoms with Crippen molar-refractivity contribution in [3.8, 4) is 22.8 Å². The minimum atomic E-state index is 0.264. The van der Waals surface area contributed by atoms with Gasteiger partial charge in [-0.3, -0.25) is 9.67 Å². The molecule has 2 aliphatic rings. The molecule has 2 heterocycles. The number of hydrogen-bond acceptors (Lipinski definition) is 7. The number of methoxy groups -OCH3 is 2. The second-order valence-electron chi connectivity index (χ2n) is 10.3. The molecule has 0 aliphatic heterocycles. The van der Waals surface area contributed by atoms with E-state index in [9.17, 15) is 0 Å². The van der Waals surface area contributed by atoms with Crippen LogP contribution in [0, 0.1) is 11.8 Å². The summed E-state index contributed by atoms with van der Waals surface area (Å²) < 4.78 is 13.1. The number of rotatable bonds is 10. The molecule has 2 aromatic heterocycles. The van der Waals surface area contributed by atoms with Gasteiger partial charge in [-0.15, -0.1) is 0 Å². The van der Waals surface area contributed by atoms with E-state index in [1.54, 1.807) is 14.2 Å². The number of aromatic nitrogens is 4. The Morgan fingerprint density at radius 1 is 0.946 bits per heavy atom. The number of fused-ring (bicyclic) bond motifs is 1. The first-order valence-corrected chi connectivity index (χ1v) is 13.1. The lowest BCUT2D eigenvalue weighted by molar-refractivity contribution is 0.142. The topological polar surface area (TPSA) is 85.5 Å². The van der Waals surface area contributed by atoms with Crippen LogP contribution in [0.25, 0.3) is 22.3 Å². The molecule has 0 amide bonds. The smallest absolute Gasteiger partial charge is 0.124 e. The Kier molecular flexibility index (Phi) is 6.42. The molecule has 8 nitrogen and oxygen atoms in total. The van der Waals surface area contributed by atoms with Gasteiger partial charge in [-0.25, -0.2) is 4.98 Å². The highest BCUT2D eigenvalue weighted by molar-refractivity contribution is 5.82. The van der Waals surface area contributed by atoms with Crippen LogP contribution in [0.15, 0.2) is 55.0 Å². The summed E-state index contributed by atoms with van der Waals surface area (Å²) in [6, 6.07) is 12.7. The van der Waals surface area contributed by atoms with E-state index in [1.165, 1.54) is 12.8 Å². The molecule has 2 fully saturated rings. The van der Waals surface area contributed by atoms with Crippen molar-refractivity contribution in [2.75, 3.05) is 32.3 Å². The molecule has 0 unspecified atom stereocenters. The quantitative estimate of drug-likeness (QED) is 0.313. The van der Waals surface area contributed by atoms with E-state index in [-0.39, 0.29) is 6.61 Å². The molecule has 2 saturated carbocycles. The number of aliphatic hydroxyl groups is 1. The first-order chi connectivity index (χ1) is 18.1. The molecule has 2 aromatic carbocycles. The summed E-state index contributed by atoms with van der Waals surface area (Å²) in [5.74, 6) is 2.82. The molecule has 0 bridgehead atoms. The fourth-order valence-corrected chi connectivity index (χ4v) is 5.18. The Morgan fingerprint density at radius 3 is 2.43 bits per heavy atom. The number of anilines is 2. The van der Waals surface area contributed by atoms with Crippen LogP contribution < -0.4 is 14.4 Å². The summed E-state index contributed by atoms with van der Waals surface area (Å²) in [6.07, 6.45) is 11.3. The fraction of sp³-hybridized carbons (Fsp3) is 0.414. The summed E-state index contributed by atoms with van der Waals surface area (Å²) in [5, 5.41) is 13.8. The Labute approximate surface area is 216 Å². The second-order valence-corrected chi connectivity index (χ2v) is 10.3. The fourth-order valence-electron chi connectivity index (χ4n) is 5.18. The van der Waals surface area contributed by atoms with Crippen molar-refractivity contribution in [1.82, 2.24) is 19.7 Å². The maximum Gasteiger partial charge on any atom is 0.124 e. The summed E-state index contributed by atoms with van der Waals surface area (Å²) >= 11 is 0. The van der Waals surface area contributed by atoms with Crippen LogP contribution in [0.3, 0.4) is 0 Å². The first-order valence-electron chi connectivity index (χ1n) is 13.1. The van der Waals surface area contributed by atoms with E-state index in [0.717, 1.165) is 71.0 Å². The van der Waals surface area contributed by atoms with Crippen LogP contribution in [0.2, 0.25) is 0 Å². The van der Waals surface area contributed by atoms with Gasteiger partial charge in [-0.1, -0.05) is 0 Å². The molecule has 0 saturated heterocycles. The van der Waals surface area contributed by atoms with E-state index in [1.807, 2.05) is 29.2 Å². The lowest BCUT2D eigenvalue weighted by atomic mass is 9.78. The van der Waals surface area contributed by atoms with Gasteiger partial charge in [-0.05, 0) is 62.1 Å². The van der Waals surface area contributed by atoms with Crippen molar-refractivity contribution < 1.29 is 14.6 Å². The highest BCUT2D eigenvalue weighted by atomic mass is 16.5. The maximum atomic E-state index is 9.16. The zero-order valence-corrected chi connectivity index (χ0v) is 21.4. The van der Waals surface area contributed by atoms with Crippen molar-refractivity contribution >= 4 is 22.4 Å². The van der Waals surface area contributed by atoms with Gasteiger partial charge in [0.1, 0.15) is 11.5 Å². The second kappa shape index (κ2) is 10.0. The van der Waals surface area contributed by atoms with E-state index in [4.69, 9.17) is 24.5 Å². The number of nitrogens with zero attached hydrogens (tertiary/aromatic N) is 5. The first kappa shape index (κ1) is 23.7. The Morgan fingerprint density at radius 2 is 1.73 bits per heavy atom. The monoisotopic (exact) mass is 499 g/mol. The Hall–Kier alpha value is -3.65. The van der Waals surface area contributed by atoms with Crippen molar-refractivity contribution in [2.24, 2.45) is 11.8 Å². The van der Waals surface area contributed by atoms with Crippen LogP contribution in [-0.2, 0) is 0 Å². The molecule has 4 aromatic rings. The minimum Gasteiger partial charge on any atom is -0.497 e. The van der Waals surface area contributed by atoms with Crippen molar-refractivity contribution in [1.29, 1.82) is 0 Å². The molecular weight excluding hydrogens is 466 g/mol. The molecule has 192 valence electrons. The number of hydrogen-bond donors (Lipinski definition) is 1. The average molecular weight is 500 g/mol. The summed E-state index contributed by atoms with van der Waals surface area (Å²) in [5.41, 5.74) is 5.61. The highest BCUT2D eigenvalue weighted by Crippen LogP contribution is 2.40. The third kappa shape index (κ3) is 4.98. The predicted octanol–water partition coefficient (Wildman–Crippen LogP) is 5.39. The number of benzene rings is 2. The SMILES string of the molecule is COc1cc(OC)cc(N(CC2CC2)c2ccc3ncc(-c4cnn(C5CC(CCO)C5)c4)nc3c2)c1. The van der Waals surface area contributed by atoms with Gasteiger partial charge in [0, 0.05) is 54.5 Å². The van der Waals surface area contributed by atoms with E-state index < -0.39 is 0 Å². The van der Waals surface area contributed by atoms with Crippen LogP contribution in [0.1, 0.15) is 38.1 Å². The molecule has 0 spiro atoms. The van der Waals surface area contributed by atoms with Gasteiger partial charge in [0.25, 0.3) is 0 Å². The van der Waals surface area contributed by atoms with Crippen LogP contribution in [-0.4, -0.2) is 52.2 Å². The zero-order chi connectivity index (χ0) is 25.4. The molecule has 8 heteroatoms.